The molecule has 0 aromatic heterocycles. The Kier molecular flexibility index (Phi) is 6.72. The third-order valence-electron chi connectivity index (χ3n) is 1.30. The van der Waals surface area contributed by atoms with Gasteiger partial charge in [-0.2, -0.15) is 0 Å². The molecule has 84 valence electrons. The zero-order valence-electron chi connectivity index (χ0n) is 7.85. The Morgan fingerprint density at radius 2 is 1.71 bits per heavy atom. The summed E-state index contributed by atoms with van der Waals surface area (Å²) in [5.41, 5.74) is 0. The first-order valence-corrected chi connectivity index (χ1v) is 7.16. The summed E-state index contributed by atoms with van der Waals surface area (Å²) in [6, 6.07) is 0. The van der Waals surface area contributed by atoms with Crippen LogP contribution in [0.1, 0.15) is 12.8 Å². The Bertz CT molecular complexity index is 218. The monoisotopic (exact) mass is 260 g/mol. The average Bonchev–Trinajstić information content (AvgIpc) is 2.14. The number of carbonyl (C=O) groups excluding carboxylic acids is 2. The van der Waals surface area contributed by atoms with Gasteiger partial charge in [-0.15, -0.1) is 0 Å². The third kappa shape index (κ3) is 5.82. The van der Waals surface area contributed by atoms with Gasteiger partial charge in [0.25, 0.3) is 0 Å². The molecule has 0 spiro atoms. The molecule has 5 nitrogen and oxygen atoms in total. The number of hydrogen-bond donors (Lipinski definition) is 2. The summed E-state index contributed by atoms with van der Waals surface area (Å²) in [5, 5.41) is -0.372. The van der Waals surface area contributed by atoms with Crippen molar-refractivity contribution in [3.63, 3.8) is 0 Å². The summed E-state index contributed by atoms with van der Waals surface area (Å²) in [6.45, 7) is 0. The van der Waals surface area contributed by atoms with Crippen LogP contribution >= 0.6 is 32.0 Å². The number of thiol groups is 2. The van der Waals surface area contributed by atoms with Crippen molar-refractivity contribution < 1.29 is 23.2 Å². The molecule has 0 aliphatic rings. The van der Waals surface area contributed by atoms with Gasteiger partial charge in [0.1, 0.15) is 0 Å². The first kappa shape index (κ1) is 14.2. The van der Waals surface area contributed by atoms with E-state index in [0.717, 1.165) is 0 Å². The summed E-state index contributed by atoms with van der Waals surface area (Å²) in [4.78, 5) is 21.5. The van der Waals surface area contributed by atoms with Gasteiger partial charge in [0.2, 0.25) is 0 Å². The predicted octanol–water partition coefficient (Wildman–Crippen LogP) is 1.40. The van der Waals surface area contributed by atoms with Crippen molar-refractivity contribution in [1.82, 2.24) is 0 Å². The van der Waals surface area contributed by atoms with E-state index in [1.54, 1.807) is 0 Å². The van der Waals surface area contributed by atoms with Crippen LogP contribution in [0.2, 0.25) is 0 Å². The van der Waals surface area contributed by atoms with Crippen LogP contribution in [0.15, 0.2) is 0 Å². The van der Waals surface area contributed by atoms with E-state index in [-0.39, 0.29) is 18.0 Å². The summed E-state index contributed by atoms with van der Waals surface area (Å²) < 4.78 is 14.4. The fraction of sp³-hybridized carbons (Fsp3) is 0.667. The summed E-state index contributed by atoms with van der Waals surface area (Å²) in [5.74, 6) is -0.585. The molecule has 0 fully saturated rings. The average molecular weight is 260 g/mol. The first-order chi connectivity index (χ1) is 6.43. The second-order valence-electron chi connectivity index (χ2n) is 2.30. The molecule has 0 heterocycles. The van der Waals surface area contributed by atoms with Gasteiger partial charge in [0, 0.05) is 0 Å². The van der Waals surface area contributed by atoms with E-state index in [1.165, 1.54) is 14.2 Å². The molecule has 0 atom stereocenters. The minimum atomic E-state index is -3.12. The topological polar surface area (TPSA) is 61.8 Å². The van der Waals surface area contributed by atoms with Crippen molar-refractivity contribution in [2.75, 3.05) is 14.2 Å². The molecule has 0 aliphatic heterocycles. The quantitative estimate of drug-likeness (QED) is 0.558. The van der Waals surface area contributed by atoms with Crippen LogP contribution in [0, 0.1) is 0 Å². The van der Waals surface area contributed by atoms with Crippen molar-refractivity contribution in [2.24, 2.45) is 0 Å². The van der Waals surface area contributed by atoms with Crippen molar-refractivity contribution in [3.8, 4) is 0 Å². The van der Waals surface area contributed by atoms with E-state index in [4.69, 9.17) is 13.6 Å². The van der Waals surface area contributed by atoms with E-state index in [9.17, 15) is 9.59 Å². The van der Waals surface area contributed by atoms with E-state index < -0.39 is 13.1 Å². The van der Waals surface area contributed by atoms with Gasteiger partial charge >= 0.3 is 93.3 Å². The third-order valence-corrected chi connectivity index (χ3v) is 4.41. The second kappa shape index (κ2) is 6.63. The normalized spacial score (nSPS) is 12.3. The molecule has 0 N–H and O–H groups in total. The Morgan fingerprint density at radius 3 is 2.07 bits per heavy atom. The number of rotatable bonds is 6. The predicted molar refractivity (Wildman–Crippen MR) is 60.6 cm³/mol. The van der Waals surface area contributed by atoms with Crippen molar-refractivity contribution in [2.45, 2.75) is 12.8 Å². The van der Waals surface area contributed by atoms with Gasteiger partial charge in [-0.3, -0.25) is 0 Å². The molecule has 0 saturated carbocycles. The Hall–Kier alpha value is 0.190. The van der Waals surface area contributed by atoms with Crippen LogP contribution in [0.3, 0.4) is 0 Å². The molecule has 0 unspecified atom stereocenters. The molecular formula is C6H13O5PS2. The van der Waals surface area contributed by atoms with Gasteiger partial charge in [-0.25, -0.2) is 0 Å². The Labute approximate surface area is 93.6 Å². The van der Waals surface area contributed by atoms with E-state index >= 15 is 0 Å². The van der Waals surface area contributed by atoms with Crippen LogP contribution in [-0.4, -0.2) is 25.3 Å². The standard InChI is InChI=1S/C6H13O5PS2/c1-9-12(14,10-2)11-5(7)3-4-6(8)13/h12,14H,3-4H2,1-2H3,(H,8,13). The molecule has 0 rings (SSSR count). The Morgan fingerprint density at radius 1 is 1.21 bits per heavy atom. The maximum atomic E-state index is 11.1. The number of hydrogen-bond acceptors (Lipinski definition) is 6. The molecule has 0 aromatic carbocycles. The second-order valence-corrected chi connectivity index (χ2v) is 6.51. The molecule has 0 bridgehead atoms. The van der Waals surface area contributed by atoms with Gasteiger partial charge in [-0.1, -0.05) is 0 Å². The summed E-state index contributed by atoms with van der Waals surface area (Å²) in [6.07, 6.45) is -0.0298. The van der Waals surface area contributed by atoms with Crippen LogP contribution in [0.4, 0.5) is 0 Å². The van der Waals surface area contributed by atoms with Gasteiger partial charge < -0.3 is 0 Å². The van der Waals surface area contributed by atoms with Crippen molar-refractivity contribution >= 4 is 43.1 Å². The molecule has 0 aromatic rings. The van der Waals surface area contributed by atoms with Crippen LogP contribution < -0.4 is 0 Å². The van der Waals surface area contributed by atoms with Crippen LogP contribution in [-0.2, 0) is 23.2 Å². The molecule has 0 radical (unpaired) electrons. The molecule has 0 saturated heterocycles. The minimum absolute atomic E-state index is 0.0215. The fourth-order valence-electron chi connectivity index (χ4n) is 0.571. The van der Waals surface area contributed by atoms with Crippen LogP contribution in [0.5, 0.6) is 0 Å². The molecule has 8 heteroatoms. The van der Waals surface area contributed by atoms with Crippen molar-refractivity contribution in [3.05, 3.63) is 0 Å². The van der Waals surface area contributed by atoms with Gasteiger partial charge in [0.05, 0.1) is 0 Å². The summed E-state index contributed by atoms with van der Waals surface area (Å²) in [7, 11) is -0.458. The maximum absolute atomic E-state index is 11.1. The molecule has 0 amide bonds. The number of carbonyl (C=O) groups is 2. The molecular weight excluding hydrogens is 247 g/mol. The molecule has 0 aliphatic carbocycles. The van der Waals surface area contributed by atoms with Gasteiger partial charge in [-0.05, 0) is 0 Å². The zero-order valence-corrected chi connectivity index (χ0v) is 10.6. The first-order valence-electron chi connectivity index (χ1n) is 3.70. The summed E-state index contributed by atoms with van der Waals surface area (Å²) >= 11 is 7.46. The van der Waals surface area contributed by atoms with E-state index in [2.05, 4.69) is 24.9 Å². The van der Waals surface area contributed by atoms with Gasteiger partial charge in [0.15, 0.2) is 0 Å². The van der Waals surface area contributed by atoms with E-state index in [0.29, 0.717) is 0 Å². The van der Waals surface area contributed by atoms with Crippen LogP contribution in [0.25, 0.3) is 0 Å². The Balaban J connectivity index is 3.97. The van der Waals surface area contributed by atoms with E-state index in [1.807, 2.05) is 0 Å². The zero-order chi connectivity index (χ0) is 11.2. The molecule has 14 heavy (non-hydrogen) atoms. The fourth-order valence-corrected chi connectivity index (χ4v) is 1.71. The SMILES string of the molecule is CO[PH](S)(OC)OC(=O)CCC(=O)S. The van der Waals surface area contributed by atoms with Crippen molar-refractivity contribution in [1.29, 1.82) is 0 Å².